The minimum atomic E-state index is 0.0971. The number of aliphatic hydroxyl groups excluding tert-OH is 1. The van der Waals surface area contributed by atoms with Crippen molar-refractivity contribution in [2.75, 3.05) is 6.61 Å². The molecule has 2 aromatic rings. The average Bonchev–Trinajstić information content (AvgIpc) is 2.68. The minimum absolute atomic E-state index is 0.0971. The second kappa shape index (κ2) is 4.28. The van der Waals surface area contributed by atoms with Gasteiger partial charge in [-0.15, -0.1) is 0 Å². The van der Waals surface area contributed by atoms with Crippen LogP contribution in [0.4, 0.5) is 0 Å². The summed E-state index contributed by atoms with van der Waals surface area (Å²) in [6.45, 7) is 2.14. The van der Waals surface area contributed by atoms with Crippen molar-refractivity contribution in [3.63, 3.8) is 0 Å². The molecule has 0 radical (unpaired) electrons. The van der Waals surface area contributed by atoms with Crippen LogP contribution in [0.1, 0.15) is 11.3 Å². The summed E-state index contributed by atoms with van der Waals surface area (Å²) in [6.07, 6.45) is 2.13. The van der Waals surface area contributed by atoms with Crippen molar-refractivity contribution in [3.8, 4) is 11.5 Å². The first-order valence-corrected chi connectivity index (χ1v) is 4.92. The van der Waals surface area contributed by atoms with Crippen molar-refractivity contribution < 1.29 is 9.52 Å². The Bertz CT molecular complexity index is 431. The second-order valence-electron chi connectivity index (χ2n) is 3.48. The van der Waals surface area contributed by atoms with Crippen molar-refractivity contribution >= 4 is 0 Å². The lowest BCUT2D eigenvalue weighted by Crippen LogP contribution is -1.90. The smallest absolute Gasteiger partial charge is 0.226 e. The molecule has 3 heteroatoms. The van der Waals surface area contributed by atoms with Gasteiger partial charge in [0.2, 0.25) is 5.89 Å². The first-order valence-electron chi connectivity index (χ1n) is 4.92. The number of nitrogens with zero attached hydrogens (tertiary/aromatic N) is 1. The number of rotatable bonds is 3. The molecule has 78 valence electrons. The van der Waals surface area contributed by atoms with Gasteiger partial charge in [-0.1, -0.05) is 17.7 Å². The Morgan fingerprint density at radius 2 is 2.00 bits per heavy atom. The Labute approximate surface area is 88.4 Å². The summed E-state index contributed by atoms with van der Waals surface area (Å²) in [6, 6.07) is 7.99. The van der Waals surface area contributed by atoms with Crippen molar-refractivity contribution in [2.24, 2.45) is 0 Å². The van der Waals surface area contributed by atoms with Crippen LogP contribution in [0.2, 0.25) is 0 Å². The zero-order valence-electron chi connectivity index (χ0n) is 8.60. The summed E-state index contributed by atoms with van der Waals surface area (Å²) < 4.78 is 5.32. The Balaban J connectivity index is 2.25. The zero-order chi connectivity index (χ0) is 10.7. The number of aromatic nitrogens is 1. The molecule has 0 saturated carbocycles. The van der Waals surface area contributed by atoms with E-state index in [1.807, 2.05) is 31.2 Å². The Hall–Kier alpha value is -1.61. The van der Waals surface area contributed by atoms with E-state index in [-0.39, 0.29) is 6.61 Å². The fraction of sp³-hybridized carbons (Fsp3) is 0.250. The molecule has 1 N–H and O–H groups in total. The van der Waals surface area contributed by atoms with Crippen LogP contribution in [0.5, 0.6) is 0 Å². The van der Waals surface area contributed by atoms with E-state index in [0.717, 1.165) is 11.3 Å². The molecule has 0 spiro atoms. The van der Waals surface area contributed by atoms with Crippen LogP contribution in [0.3, 0.4) is 0 Å². The van der Waals surface area contributed by atoms with Crippen LogP contribution < -0.4 is 0 Å². The van der Waals surface area contributed by atoms with E-state index in [1.54, 1.807) is 6.26 Å². The summed E-state index contributed by atoms with van der Waals surface area (Å²) >= 11 is 0. The van der Waals surface area contributed by atoms with E-state index >= 15 is 0 Å². The van der Waals surface area contributed by atoms with Crippen molar-refractivity contribution in [2.45, 2.75) is 13.3 Å². The molecule has 0 bridgehead atoms. The summed E-state index contributed by atoms with van der Waals surface area (Å²) in [5.41, 5.74) is 2.96. The lowest BCUT2D eigenvalue weighted by Gasteiger charge is -1.95. The summed E-state index contributed by atoms with van der Waals surface area (Å²) in [5.74, 6) is 0.610. The summed E-state index contributed by atoms with van der Waals surface area (Å²) in [5, 5.41) is 8.75. The second-order valence-corrected chi connectivity index (χ2v) is 3.48. The number of aryl methyl sites for hydroxylation is 1. The molecule has 15 heavy (non-hydrogen) atoms. The van der Waals surface area contributed by atoms with Crippen LogP contribution in [-0.2, 0) is 6.42 Å². The van der Waals surface area contributed by atoms with Crippen molar-refractivity contribution in [1.82, 2.24) is 4.98 Å². The van der Waals surface area contributed by atoms with Gasteiger partial charge in [-0.2, -0.15) is 0 Å². The highest BCUT2D eigenvalue weighted by molar-refractivity contribution is 5.53. The topological polar surface area (TPSA) is 46.3 Å². The number of aliphatic hydroxyl groups is 1. The predicted molar refractivity (Wildman–Crippen MR) is 57.5 cm³/mol. The molecule has 2 rings (SSSR count). The van der Waals surface area contributed by atoms with E-state index < -0.39 is 0 Å². The molecule has 0 aliphatic heterocycles. The highest BCUT2D eigenvalue weighted by Gasteiger charge is 2.05. The molecule has 0 saturated heterocycles. The standard InChI is InChI=1S/C12H13NO2/c1-9-2-4-10(5-3-9)12-13-11(6-7-14)8-15-12/h2-5,8,14H,6-7H2,1H3. The molecule has 0 atom stereocenters. The third-order valence-corrected chi connectivity index (χ3v) is 2.22. The van der Waals surface area contributed by atoms with Crippen LogP contribution in [-0.4, -0.2) is 16.7 Å². The Morgan fingerprint density at radius 1 is 1.27 bits per heavy atom. The van der Waals surface area contributed by atoms with Crippen molar-refractivity contribution in [1.29, 1.82) is 0 Å². The third-order valence-electron chi connectivity index (χ3n) is 2.22. The molecule has 3 nitrogen and oxygen atoms in total. The maximum atomic E-state index is 8.75. The number of benzene rings is 1. The van der Waals surface area contributed by atoms with Crippen LogP contribution in [0.25, 0.3) is 11.5 Å². The quantitative estimate of drug-likeness (QED) is 0.831. The maximum Gasteiger partial charge on any atom is 0.226 e. The van der Waals surface area contributed by atoms with Gasteiger partial charge in [-0.25, -0.2) is 4.98 Å². The lowest BCUT2D eigenvalue weighted by molar-refractivity contribution is 0.298. The summed E-state index contributed by atoms with van der Waals surface area (Å²) in [7, 11) is 0. The van der Waals surface area contributed by atoms with Crippen molar-refractivity contribution in [3.05, 3.63) is 41.8 Å². The number of oxazole rings is 1. The number of hydrogen-bond donors (Lipinski definition) is 1. The first-order chi connectivity index (χ1) is 7.29. The normalized spacial score (nSPS) is 10.5. The van der Waals surface area contributed by atoms with Gasteiger partial charge in [0.1, 0.15) is 6.26 Å². The monoisotopic (exact) mass is 203 g/mol. The van der Waals surface area contributed by atoms with Gasteiger partial charge in [0.25, 0.3) is 0 Å². The molecular formula is C12H13NO2. The average molecular weight is 203 g/mol. The SMILES string of the molecule is Cc1ccc(-c2nc(CCO)co2)cc1. The third kappa shape index (κ3) is 2.25. The lowest BCUT2D eigenvalue weighted by atomic mass is 10.1. The molecule has 0 aliphatic rings. The van der Waals surface area contributed by atoms with Gasteiger partial charge in [0.05, 0.1) is 5.69 Å². The van der Waals surface area contributed by atoms with Gasteiger partial charge in [-0.3, -0.25) is 0 Å². The van der Waals surface area contributed by atoms with Gasteiger partial charge < -0.3 is 9.52 Å². The van der Waals surface area contributed by atoms with Gasteiger partial charge in [0, 0.05) is 18.6 Å². The fourth-order valence-corrected chi connectivity index (χ4v) is 1.37. The van der Waals surface area contributed by atoms with Gasteiger partial charge >= 0.3 is 0 Å². The van der Waals surface area contributed by atoms with Crippen LogP contribution >= 0.6 is 0 Å². The highest BCUT2D eigenvalue weighted by Crippen LogP contribution is 2.18. The Kier molecular flexibility index (Phi) is 2.83. The molecule has 1 heterocycles. The maximum absolute atomic E-state index is 8.75. The highest BCUT2D eigenvalue weighted by atomic mass is 16.3. The van der Waals surface area contributed by atoms with Crippen LogP contribution in [0, 0.1) is 6.92 Å². The fourth-order valence-electron chi connectivity index (χ4n) is 1.37. The van der Waals surface area contributed by atoms with Gasteiger partial charge in [-0.05, 0) is 19.1 Å². The predicted octanol–water partition coefficient (Wildman–Crippen LogP) is 2.18. The van der Waals surface area contributed by atoms with Gasteiger partial charge in [0.15, 0.2) is 0 Å². The Morgan fingerprint density at radius 3 is 2.67 bits per heavy atom. The molecule has 0 unspecified atom stereocenters. The van der Waals surface area contributed by atoms with E-state index in [4.69, 9.17) is 9.52 Å². The largest absolute Gasteiger partial charge is 0.444 e. The summed E-state index contributed by atoms with van der Waals surface area (Å²) in [4.78, 5) is 4.27. The molecule has 1 aromatic carbocycles. The van der Waals surface area contributed by atoms with Crippen LogP contribution in [0.15, 0.2) is 34.9 Å². The number of hydrogen-bond acceptors (Lipinski definition) is 3. The zero-order valence-corrected chi connectivity index (χ0v) is 8.60. The molecular weight excluding hydrogens is 190 g/mol. The first kappa shape index (κ1) is 9.93. The van der Waals surface area contributed by atoms with E-state index in [2.05, 4.69) is 4.98 Å². The molecule has 1 aromatic heterocycles. The minimum Gasteiger partial charge on any atom is -0.444 e. The van der Waals surface area contributed by atoms with E-state index in [1.165, 1.54) is 5.56 Å². The van der Waals surface area contributed by atoms with E-state index in [0.29, 0.717) is 12.3 Å². The molecule has 0 amide bonds. The molecule has 0 aliphatic carbocycles. The molecule has 0 fully saturated rings. The van der Waals surface area contributed by atoms with E-state index in [9.17, 15) is 0 Å².